The molecule has 1 aromatic rings. The third kappa shape index (κ3) is 3.57. The number of likely N-dealkylation sites (N-methyl/N-ethyl adjacent to an activating group) is 1. The highest BCUT2D eigenvalue weighted by Gasteiger charge is 2.60. The molecule has 0 saturated carbocycles. The largest absolute Gasteiger partial charge is 0.393 e. The van der Waals surface area contributed by atoms with Crippen molar-refractivity contribution < 1.29 is 19.2 Å². The number of carbonyl (C=O) groups excluding carboxylic acids is 2. The van der Waals surface area contributed by atoms with Crippen LogP contribution in [0.2, 0.25) is 0 Å². The maximum atomic E-state index is 12.7. The Bertz CT molecular complexity index is 921. The zero-order valence-electron chi connectivity index (χ0n) is 16.2. The predicted molar refractivity (Wildman–Crippen MR) is 111 cm³/mol. The number of carbonyl (C=O) groups is 2. The molecule has 2 radical (unpaired) electrons. The second-order valence-corrected chi connectivity index (χ2v) is 10.4. The quantitative estimate of drug-likeness (QED) is 0.416. The molecule has 1 saturated heterocycles. The van der Waals surface area contributed by atoms with Gasteiger partial charge >= 0.3 is 5.97 Å². The molecular weight excluding hydrogens is 430 g/mol. The van der Waals surface area contributed by atoms with E-state index in [0.717, 1.165) is 34.4 Å². The van der Waals surface area contributed by atoms with E-state index in [-0.39, 0.29) is 32.2 Å². The van der Waals surface area contributed by atoms with Gasteiger partial charge in [-0.3, -0.25) is 4.79 Å². The molecule has 0 unspecified atom stereocenters. The molecule has 0 aromatic carbocycles. The molecule has 0 spiro atoms. The number of fused-ring (bicyclic) bond motifs is 2. The number of aliphatic hydroxyl groups is 1. The Kier molecular flexibility index (Phi) is 5.87. The van der Waals surface area contributed by atoms with E-state index in [2.05, 4.69) is 16.6 Å². The maximum Gasteiger partial charge on any atom is 0.365 e. The molecule has 152 valence electrons. The van der Waals surface area contributed by atoms with Crippen LogP contribution < -0.4 is 0 Å². The number of nitrogens with zero attached hydrogens (tertiary/aromatic N) is 4. The zero-order chi connectivity index (χ0) is 20.9. The first-order valence-corrected chi connectivity index (χ1v) is 11.6. The number of thioether (sulfide) groups is 1. The summed E-state index contributed by atoms with van der Waals surface area (Å²) in [4.78, 5) is 35.8. The smallest absolute Gasteiger partial charge is 0.365 e. The minimum atomic E-state index is -0.785. The van der Waals surface area contributed by atoms with Crippen molar-refractivity contribution in [3.05, 3.63) is 21.2 Å². The van der Waals surface area contributed by atoms with Crippen LogP contribution in [0.25, 0.3) is 0 Å². The van der Waals surface area contributed by atoms with Gasteiger partial charge in [0.2, 0.25) is 14.5 Å². The third-order valence-electron chi connectivity index (χ3n) is 5.57. The number of aromatic nitrogens is 1. The van der Waals surface area contributed by atoms with E-state index in [1.165, 1.54) is 21.5 Å². The molecule has 3 aliphatic heterocycles. The predicted octanol–water partition coefficient (Wildman–Crippen LogP) is 1.96. The van der Waals surface area contributed by atoms with Crippen LogP contribution in [0.15, 0.2) is 19.6 Å². The van der Waals surface area contributed by atoms with Gasteiger partial charge in [0, 0.05) is 35.2 Å². The Balaban J connectivity index is 1.67. The van der Waals surface area contributed by atoms with E-state index < -0.39 is 18.0 Å². The second kappa shape index (κ2) is 8.11. The number of thiazole rings is 1. The molecule has 29 heavy (non-hydrogen) atoms. The van der Waals surface area contributed by atoms with Crippen LogP contribution in [0.5, 0.6) is 0 Å². The van der Waals surface area contributed by atoms with Crippen molar-refractivity contribution in [1.82, 2.24) is 14.8 Å². The van der Waals surface area contributed by atoms with Gasteiger partial charge in [-0.25, -0.2) is 9.78 Å². The molecular formula is C17H20BN4O4PS2. The first-order chi connectivity index (χ1) is 13.8. The molecule has 8 nitrogen and oxygen atoms in total. The van der Waals surface area contributed by atoms with Gasteiger partial charge in [0.1, 0.15) is 5.70 Å². The van der Waals surface area contributed by atoms with Crippen LogP contribution in [-0.4, -0.2) is 65.5 Å². The highest BCUT2D eigenvalue weighted by molar-refractivity contribution is 8.04. The van der Waals surface area contributed by atoms with Crippen LogP contribution >= 0.6 is 31.7 Å². The van der Waals surface area contributed by atoms with Crippen molar-refractivity contribution in [3.63, 3.8) is 0 Å². The second-order valence-electron chi connectivity index (χ2n) is 7.48. The van der Waals surface area contributed by atoms with E-state index in [0.29, 0.717) is 0 Å². The average molecular weight is 450 g/mol. The summed E-state index contributed by atoms with van der Waals surface area (Å²) in [7, 11) is 7.14. The lowest BCUT2D eigenvalue weighted by molar-refractivity contribution is -0.162. The normalized spacial score (nSPS) is 27.8. The van der Waals surface area contributed by atoms with Crippen LogP contribution in [0.1, 0.15) is 24.4 Å². The van der Waals surface area contributed by atoms with Gasteiger partial charge in [-0.1, -0.05) is 18.7 Å². The number of amides is 1. The molecule has 1 fully saturated rings. The lowest BCUT2D eigenvalue weighted by atomic mass is 9.79. The number of hydrogen-bond donors (Lipinski definition) is 1. The molecule has 1 amide bonds. The third-order valence-corrected chi connectivity index (χ3v) is 8.34. The molecule has 4 heterocycles. The Hall–Kier alpha value is -1.26. The molecule has 12 heteroatoms. The van der Waals surface area contributed by atoms with Crippen molar-refractivity contribution in [2.45, 2.75) is 43.3 Å². The van der Waals surface area contributed by atoms with Crippen molar-refractivity contribution in [1.29, 1.82) is 0 Å². The standard InChI is InChI=1S/C17H20BN4O4PS2/c1-7-12-11(8(2)23)15(24)22(12)13(16(25)26-27-20-18)14(7)29-17-19-9-4-5-21(3)6-10(9)28-17/h7-8,11-12,23H,4-6H2,1-3H3/t7-,8-,11-,12-/m1/s1. The van der Waals surface area contributed by atoms with Crippen LogP contribution in [0.3, 0.4) is 0 Å². The summed E-state index contributed by atoms with van der Waals surface area (Å²) in [6, 6.07) is -0.264. The first kappa shape index (κ1) is 21.0. The average Bonchev–Trinajstić information content (AvgIpc) is 3.16. The zero-order valence-corrected chi connectivity index (χ0v) is 18.8. The van der Waals surface area contributed by atoms with E-state index in [9.17, 15) is 14.7 Å². The number of β-lactam (4-membered cyclic amide) rings is 1. The summed E-state index contributed by atoms with van der Waals surface area (Å²) in [6.45, 7) is 5.41. The van der Waals surface area contributed by atoms with E-state index in [4.69, 9.17) is 17.5 Å². The molecule has 4 atom stereocenters. The van der Waals surface area contributed by atoms with Crippen molar-refractivity contribution in [2.75, 3.05) is 13.6 Å². The summed E-state index contributed by atoms with van der Waals surface area (Å²) in [5.41, 5.74) is 1.32. The molecule has 1 aromatic heterocycles. The van der Waals surface area contributed by atoms with Gasteiger partial charge in [0.25, 0.3) is 7.98 Å². The molecule has 4 rings (SSSR count). The van der Waals surface area contributed by atoms with Gasteiger partial charge in [-0.05, 0) is 14.0 Å². The van der Waals surface area contributed by atoms with E-state index >= 15 is 0 Å². The highest BCUT2D eigenvalue weighted by atomic mass is 32.2. The maximum absolute atomic E-state index is 12.7. The Morgan fingerprint density at radius 2 is 2.31 bits per heavy atom. The monoisotopic (exact) mass is 450 g/mol. The van der Waals surface area contributed by atoms with Gasteiger partial charge in [-0.15, -0.1) is 11.3 Å². The van der Waals surface area contributed by atoms with Gasteiger partial charge in [0.05, 0.1) is 23.8 Å². The van der Waals surface area contributed by atoms with Crippen molar-refractivity contribution in [2.24, 2.45) is 16.5 Å². The molecule has 1 N–H and O–H groups in total. The lowest BCUT2D eigenvalue weighted by Gasteiger charge is -2.46. The Morgan fingerprint density at radius 1 is 1.55 bits per heavy atom. The Morgan fingerprint density at radius 3 is 3.00 bits per heavy atom. The lowest BCUT2D eigenvalue weighted by Crippen LogP contribution is -2.63. The van der Waals surface area contributed by atoms with E-state index in [1.54, 1.807) is 18.3 Å². The number of hydrogen-bond acceptors (Lipinski definition) is 9. The summed E-state index contributed by atoms with van der Waals surface area (Å²) < 4.78 is 9.21. The molecule has 0 bridgehead atoms. The SMILES string of the molecule is [B]N=POC(=O)C1=C(Sc2nc3c(s2)CN(C)CC3)[C@H](C)[C@@H]2[C@@H]([C@@H](C)O)C(=O)N12. The van der Waals surface area contributed by atoms with Crippen molar-refractivity contribution >= 4 is 51.6 Å². The van der Waals surface area contributed by atoms with Gasteiger partial charge < -0.3 is 24.1 Å². The van der Waals surface area contributed by atoms with Gasteiger partial charge in [0.15, 0.2) is 4.34 Å². The molecule has 3 aliphatic rings. The highest BCUT2D eigenvalue weighted by Crippen LogP contribution is 2.53. The fraction of sp³-hybridized carbons (Fsp3) is 0.588. The van der Waals surface area contributed by atoms with E-state index in [1.807, 2.05) is 6.92 Å². The first-order valence-electron chi connectivity index (χ1n) is 9.25. The van der Waals surface area contributed by atoms with Crippen LogP contribution in [-0.2, 0) is 27.1 Å². The van der Waals surface area contributed by atoms with Crippen LogP contribution in [0, 0.1) is 11.8 Å². The summed E-state index contributed by atoms with van der Waals surface area (Å²) in [5, 5.41) is 10.0. The molecule has 0 aliphatic carbocycles. The summed E-state index contributed by atoms with van der Waals surface area (Å²) in [6.07, 6.45) is 0.119. The summed E-state index contributed by atoms with van der Waals surface area (Å²) >= 11 is 3.04. The topological polar surface area (TPSA) is 95.3 Å². The minimum absolute atomic E-state index is 0.0276. The number of rotatable bonds is 5. The Labute approximate surface area is 180 Å². The van der Waals surface area contributed by atoms with Gasteiger partial charge in [-0.2, -0.15) is 0 Å². The number of aliphatic hydroxyl groups excluding tert-OH is 1. The minimum Gasteiger partial charge on any atom is -0.393 e. The van der Waals surface area contributed by atoms with Crippen LogP contribution in [0.4, 0.5) is 0 Å². The summed E-state index contributed by atoms with van der Waals surface area (Å²) in [5.74, 6) is -1.55. The fourth-order valence-corrected chi connectivity index (χ4v) is 7.00. The fourth-order valence-electron chi connectivity index (χ4n) is 4.19. The van der Waals surface area contributed by atoms with Crippen molar-refractivity contribution in [3.8, 4) is 0 Å².